The molecule has 0 unspecified atom stereocenters. The van der Waals surface area contributed by atoms with Crippen molar-refractivity contribution in [1.29, 1.82) is 0 Å². The number of thiophene rings is 1. The molecule has 12 rings (SSSR count). The zero-order chi connectivity index (χ0) is 44.9. The lowest BCUT2D eigenvalue weighted by Crippen LogP contribution is -2.40. The summed E-state index contributed by atoms with van der Waals surface area (Å²) in [6, 6.07) is 43.7. The van der Waals surface area contributed by atoms with Gasteiger partial charge in [0.05, 0.1) is 11.4 Å². The SMILES string of the molecule is Cc1cc(-c2cc3ccccc3cc2Nc2cccc3c2oc2ccccc23)c2c(c1)N(c1cc3c(cc1C)C(C)(C)CCC3(C)C)c1c(sc3cc4c(cc13)C(C)(C)CCC4(C)C)B2. The highest BCUT2D eigenvalue weighted by Gasteiger charge is 2.41. The summed E-state index contributed by atoms with van der Waals surface area (Å²) in [5, 5.41) is 10.1. The second kappa shape index (κ2) is 13.9. The van der Waals surface area contributed by atoms with Crippen LogP contribution in [-0.2, 0) is 21.7 Å². The van der Waals surface area contributed by atoms with Crippen LogP contribution in [0.15, 0.2) is 120 Å². The standard InChI is InChI=1S/C60H59BN2OS/c1-34-26-41(40-29-36-16-11-12-17-37(36)30-48(40)62-47-20-15-19-39-38-18-13-14-21-51(38)64-55(39)47)53-50(27-34)63(49-32-45-43(28-35(49)2)57(3,4)22-24-59(45,7)8)54-42-31-44-46(33-52(42)65-56(54)61-53)60(9,10)25-23-58(44,5)6/h11-21,26-33,61-62H,22-25H2,1-10H3. The Hall–Kier alpha value is -5.78. The Kier molecular flexibility index (Phi) is 8.69. The molecule has 0 radical (unpaired) electrons. The molecule has 0 bridgehead atoms. The Morgan fingerprint density at radius 1 is 0.554 bits per heavy atom. The number of aryl methyl sites for hydroxylation is 2. The van der Waals surface area contributed by atoms with Gasteiger partial charge in [0.2, 0.25) is 7.28 Å². The van der Waals surface area contributed by atoms with Crippen molar-refractivity contribution in [3.8, 4) is 11.1 Å². The third-order valence-corrected chi connectivity index (χ3v) is 17.3. The van der Waals surface area contributed by atoms with E-state index in [1.807, 2.05) is 11.3 Å². The molecule has 2 aliphatic carbocycles. The quantitative estimate of drug-likeness (QED) is 0.179. The molecular formula is C60H59BN2OS. The summed E-state index contributed by atoms with van der Waals surface area (Å²) in [5.74, 6) is 0. The van der Waals surface area contributed by atoms with Crippen molar-refractivity contribution >= 4 is 100 Å². The predicted molar refractivity (Wildman–Crippen MR) is 283 cm³/mol. The summed E-state index contributed by atoms with van der Waals surface area (Å²) < 4.78 is 9.44. The van der Waals surface area contributed by atoms with Crippen LogP contribution in [0.1, 0.15) is 114 Å². The average molecular weight is 867 g/mol. The molecule has 3 heterocycles. The van der Waals surface area contributed by atoms with Crippen molar-refractivity contribution in [1.82, 2.24) is 0 Å². The van der Waals surface area contributed by atoms with E-state index in [4.69, 9.17) is 4.42 Å². The van der Waals surface area contributed by atoms with Gasteiger partial charge in [0.25, 0.3) is 0 Å². The van der Waals surface area contributed by atoms with Crippen molar-refractivity contribution in [2.24, 2.45) is 0 Å². The van der Waals surface area contributed by atoms with E-state index in [0.717, 1.165) is 40.6 Å². The van der Waals surface area contributed by atoms with Crippen molar-refractivity contribution < 1.29 is 4.42 Å². The Balaban J connectivity index is 1.13. The minimum absolute atomic E-state index is 0.0757. The van der Waals surface area contributed by atoms with Gasteiger partial charge in [-0.05, 0) is 170 Å². The third-order valence-electron chi connectivity index (χ3n) is 16.1. The lowest BCUT2D eigenvalue weighted by Gasteiger charge is -2.44. The first-order chi connectivity index (χ1) is 31.0. The van der Waals surface area contributed by atoms with Crippen LogP contribution in [0.3, 0.4) is 0 Å². The molecule has 3 nitrogen and oxygen atoms in total. The maximum Gasteiger partial charge on any atom is 0.211 e. The van der Waals surface area contributed by atoms with Crippen LogP contribution in [0.4, 0.5) is 28.4 Å². The smallest absolute Gasteiger partial charge is 0.211 e. The molecule has 0 fully saturated rings. The number of anilines is 5. The van der Waals surface area contributed by atoms with Crippen molar-refractivity contribution in [3.05, 3.63) is 149 Å². The molecule has 0 saturated heterocycles. The number of nitrogens with one attached hydrogen (secondary N) is 1. The van der Waals surface area contributed by atoms with Crippen LogP contribution >= 0.6 is 11.3 Å². The number of fused-ring (bicyclic) bond motifs is 10. The molecule has 0 atom stereocenters. The van der Waals surface area contributed by atoms with Gasteiger partial charge in [-0.15, -0.1) is 11.3 Å². The molecule has 2 aromatic heterocycles. The van der Waals surface area contributed by atoms with Crippen LogP contribution in [-0.4, -0.2) is 7.28 Å². The number of para-hydroxylation sites is 2. The molecular weight excluding hydrogens is 808 g/mol. The number of hydrogen-bond acceptors (Lipinski definition) is 4. The van der Waals surface area contributed by atoms with E-state index in [0.29, 0.717) is 0 Å². The number of nitrogens with zero attached hydrogens (tertiary/aromatic N) is 1. The average Bonchev–Trinajstić information content (AvgIpc) is 3.84. The van der Waals surface area contributed by atoms with E-state index in [9.17, 15) is 0 Å². The normalized spacial score (nSPS) is 17.7. The minimum Gasteiger partial charge on any atom is -0.454 e. The zero-order valence-corrected chi connectivity index (χ0v) is 40.6. The molecule has 1 aliphatic heterocycles. The first-order valence-corrected chi connectivity index (χ1v) is 24.7. The molecule has 1 N–H and O–H groups in total. The summed E-state index contributed by atoms with van der Waals surface area (Å²) in [5.41, 5.74) is 20.7. The molecule has 0 saturated carbocycles. The Morgan fingerprint density at radius 2 is 1.17 bits per heavy atom. The second-order valence-corrected chi connectivity index (χ2v) is 23.6. The fourth-order valence-corrected chi connectivity index (χ4v) is 13.2. The molecule has 65 heavy (non-hydrogen) atoms. The van der Waals surface area contributed by atoms with E-state index in [2.05, 4.69) is 195 Å². The molecule has 9 aromatic rings. The number of rotatable bonds is 4. The van der Waals surface area contributed by atoms with Gasteiger partial charge in [-0.2, -0.15) is 0 Å². The maximum absolute atomic E-state index is 6.60. The topological polar surface area (TPSA) is 28.4 Å². The zero-order valence-electron chi connectivity index (χ0n) is 39.8. The Bertz CT molecular complexity index is 3490. The van der Waals surface area contributed by atoms with E-state index >= 15 is 0 Å². The highest BCUT2D eigenvalue weighted by molar-refractivity contribution is 7.29. The highest BCUT2D eigenvalue weighted by Crippen LogP contribution is 2.54. The lowest BCUT2D eigenvalue weighted by atomic mass is 9.61. The maximum atomic E-state index is 6.60. The monoisotopic (exact) mass is 866 g/mol. The summed E-state index contributed by atoms with van der Waals surface area (Å²) in [4.78, 5) is 2.72. The Morgan fingerprint density at radius 3 is 1.89 bits per heavy atom. The number of benzene rings is 7. The van der Waals surface area contributed by atoms with Gasteiger partial charge in [-0.3, -0.25) is 0 Å². The van der Waals surface area contributed by atoms with E-state index in [1.165, 1.54) is 118 Å². The van der Waals surface area contributed by atoms with Gasteiger partial charge >= 0.3 is 0 Å². The molecule has 3 aliphatic rings. The summed E-state index contributed by atoms with van der Waals surface area (Å²) in [6.07, 6.45) is 4.78. The molecule has 7 aromatic carbocycles. The van der Waals surface area contributed by atoms with Gasteiger partial charge in [0.15, 0.2) is 5.58 Å². The van der Waals surface area contributed by atoms with Crippen molar-refractivity contribution in [2.75, 3.05) is 10.2 Å². The minimum atomic E-state index is 0.0757. The first kappa shape index (κ1) is 40.7. The van der Waals surface area contributed by atoms with Crippen LogP contribution in [0.5, 0.6) is 0 Å². The van der Waals surface area contributed by atoms with E-state index in [1.54, 1.807) is 0 Å². The third kappa shape index (κ3) is 6.21. The van der Waals surface area contributed by atoms with Gasteiger partial charge in [0, 0.05) is 43.5 Å². The first-order valence-electron chi connectivity index (χ1n) is 23.9. The number of furan rings is 1. The van der Waals surface area contributed by atoms with Gasteiger partial charge < -0.3 is 14.6 Å². The lowest BCUT2D eigenvalue weighted by molar-refractivity contribution is 0.332. The van der Waals surface area contributed by atoms with Crippen LogP contribution in [0, 0.1) is 13.8 Å². The van der Waals surface area contributed by atoms with Gasteiger partial charge in [-0.25, -0.2) is 0 Å². The van der Waals surface area contributed by atoms with Crippen molar-refractivity contribution in [3.63, 3.8) is 0 Å². The highest BCUT2D eigenvalue weighted by atomic mass is 32.1. The fourth-order valence-electron chi connectivity index (χ4n) is 12.0. The summed E-state index contributed by atoms with van der Waals surface area (Å²) in [7, 11) is 0.863. The van der Waals surface area contributed by atoms with Crippen LogP contribution in [0.25, 0.3) is 53.9 Å². The largest absolute Gasteiger partial charge is 0.454 e. The molecule has 0 spiro atoms. The van der Waals surface area contributed by atoms with Crippen molar-refractivity contribution in [2.45, 2.75) is 117 Å². The molecule has 324 valence electrons. The van der Waals surface area contributed by atoms with Crippen LogP contribution < -0.4 is 20.5 Å². The summed E-state index contributed by atoms with van der Waals surface area (Å²) in [6.45, 7) is 24.3. The predicted octanol–water partition coefficient (Wildman–Crippen LogP) is 15.8. The van der Waals surface area contributed by atoms with E-state index < -0.39 is 0 Å². The second-order valence-electron chi connectivity index (χ2n) is 22.5. The van der Waals surface area contributed by atoms with E-state index in [-0.39, 0.29) is 21.7 Å². The van der Waals surface area contributed by atoms with Crippen LogP contribution in [0.2, 0.25) is 0 Å². The Labute approximate surface area is 389 Å². The molecule has 0 amide bonds. The molecule has 5 heteroatoms. The van der Waals surface area contributed by atoms with Gasteiger partial charge in [0.1, 0.15) is 5.58 Å². The number of hydrogen-bond donors (Lipinski definition) is 1. The fraction of sp³-hybridized carbons (Fsp3) is 0.300. The van der Waals surface area contributed by atoms with Gasteiger partial charge in [-0.1, -0.05) is 122 Å². The summed E-state index contributed by atoms with van der Waals surface area (Å²) >= 11 is 2.02.